The summed E-state index contributed by atoms with van der Waals surface area (Å²) in [5, 5.41) is 0. The standard InChI is InChI=1S/C15H18ClNO4S/c1-10(18)17(11(2)19)15-13(12-6-3-4-7-12)8-5-9-14(15)22(16,20)21/h5,8-9,12H,3-4,6-7H2,1-2H3. The fraction of sp³-hybridized carbons (Fsp3) is 0.467. The van der Waals surface area contributed by atoms with Crippen molar-refractivity contribution in [2.45, 2.75) is 50.3 Å². The van der Waals surface area contributed by atoms with E-state index in [-0.39, 0.29) is 16.5 Å². The zero-order chi connectivity index (χ0) is 16.5. The monoisotopic (exact) mass is 343 g/mol. The SMILES string of the molecule is CC(=O)N(C(C)=O)c1c(C2CCCC2)cccc1S(=O)(=O)Cl. The van der Waals surface area contributed by atoms with Gasteiger partial charge in [-0.3, -0.25) is 9.59 Å². The second kappa shape index (κ2) is 6.38. The minimum Gasteiger partial charge on any atom is -0.274 e. The van der Waals surface area contributed by atoms with Gasteiger partial charge in [0.2, 0.25) is 11.8 Å². The molecule has 2 rings (SSSR count). The number of halogens is 1. The lowest BCUT2D eigenvalue weighted by Gasteiger charge is -2.25. The largest absolute Gasteiger partial charge is 0.274 e. The summed E-state index contributed by atoms with van der Waals surface area (Å²) >= 11 is 0. The molecule has 0 radical (unpaired) electrons. The van der Waals surface area contributed by atoms with Gasteiger partial charge in [0, 0.05) is 24.5 Å². The van der Waals surface area contributed by atoms with Gasteiger partial charge in [-0.15, -0.1) is 0 Å². The Labute approximate surface area is 134 Å². The van der Waals surface area contributed by atoms with Crippen LogP contribution in [-0.2, 0) is 18.6 Å². The number of hydrogen-bond acceptors (Lipinski definition) is 4. The molecule has 5 nitrogen and oxygen atoms in total. The van der Waals surface area contributed by atoms with Crippen LogP contribution in [0.4, 0.5) is 5.69 Å². The molecule has 0 N–H and O–H groups in total. The molecule has 0 unspecified atom stereocenters. The lowest BCUT2D eigenvalue weighted by Crippen LogP contribution is -2.35. The minimum atomic E-state index is -4.07. The Bertz CT molecular complexity index is 694. The summed E-state index contributed by atoms with van der Waals surface area (Å²) in [5.41, 5.74) is 0.814. The molecule has 0 saturated heterocycles. The minimum absolute atomic E-state index is 0.115. The van der Waals surface area contributed by atoms with Crippen molar-refractivity contribution in [2.75, 3.05) is 4.90 Å². The summed E-state index contributed by atoms with van der Waals surface area (Å²) in [7, 11) is 1.45. The summed E-state index contributed by atoms with van der Waals surface area (Å²) in [5.74, 6) is -0.923. The van der Waals surface area contributed by atoms with E-state index in [0.29, 0.717) is 5.56 Å². The van der Waals surface area contributed by atoms with Crippen molar-refractivity contribution >= 4 is 37.2 Å². The van der Waals surface area contributed by atoms with Crippen molar-refractivity contribution in [1.29, 1.82) is 0 Å². The summed E-state index contributed by atoms with van der Waals surface area (Å²) in [4.78, 5) is 24.5. The third-order valence-electron chi connectivity index (χ3n) is 3.94. The fourth-order valence-corrected chi connectivity index (χ4v) is 4.13. The molecule has 22 heavy (non-hydrogen) atoms. The number of rotatable bonds is 3. The summed E-state index contributed by atoms with van der Waals surface area (Å²) < 4.78 is 23.8. The van der Waals surface area contributed by atoms with E-state index in [1.807, 2.05) is 0 Å². The molecule has 0 atom stereocenters. The van der Waals surface area contributed by atoms with Gasteiger partial charge < -0.3 is 0 Å². The van der Waals surface area contributed by atoms with E-state index in [2.05, 4.69) is 0 Å². The predicted octanol–water partition coefficient (Wildman–Crippen LogP) is 3.17. The smallest absolute Gasteiger partial charge is 0.263 e. The first-order valence-corrected chi connectivity index (χ1v) is 9.43. The molecule has 0 aliphatic heterocycles. The Kier molecular flexibility index (Phi) is 4.92. The van der Waals surface area contributed by atoms with E-state index in [4.69, 9.17) is 10.7 Å². The molecule has 1 aromatic carbocycles. The Morgan fingerprint density at radius 1 is 1.14 bits per heavy atom. The molecule has 2 amide bonds. The molecule has 0 spiro atoms. The zero-order valence-corrected chi connectivity index (χ0v) is 14.1. The number of amides is 2. The van der Waals surface area contributed by atoms with Crippen LogP contribution < -0.4 is 4.90 Å². The van der Waals surface area contributed by atoms with E-state index >= 15 is 0 Å². The first kappa shape index (κ1) is 17.0. The first-order valence-electron chi connectivity index (χ1n) is 7.12. The van der Waals surface area contributed by atoms with Crippen LogP contribution in [0.25, 0.3) is 0 Å². The summed E-state index contributed by atoms with van der Waals surface area (Å²) in [6.07, 6.45) is 3.90. The van der Waals surface area contributed by atoms with Crippen LogP contribution in [-0.4, -0.2) is 20.2 Å². The van der Waals surface area contributed by atoms with E-state index in [0.717, 1.165) is 30.6 Å². The number of benzene rings is 1. The molecule has 0 heterocycles. The topological polar surface area (TPSA) is 71.5 Å². The molecule has 0 bridgehead atoms. The molecule has 120 valence electrons. The third kappa shape index (κ3) is 3.33. The van der Waals surface area contributed by atoms with Crippen molar-refractivity contribution < 1.29 is 18.0 Å². The molecular formula is C15H18ClNO4S. The Balaban J connectivity index is 2.75. The number of nitrogens with zero attached hydrogens (tertiary/aromatic N) is 1. The van der Waals surface area contributed by atoms with Gasteiger partial charge >= 0.3 is 0 Å². The van der Waals surface area contributed by atoms with Crippen molar-refractivity contribution in [1.82, 2.24) is 0 Å². The number of carbonyl (C=O) groups excluding carboxylic acids is 2. The van der Waals surface area contributed by atoms with Crippen LogP contribution >= 0.6 is 10.7 Å². The molecule has 1 saturated carbocycles. The van der Waals surface area contributed by atoms with Crippen LogP contribution in [0.15, 0.2) is 23.1 Å². The highest BCUT2D eigenvalue weighted by atomic mass is 35.7. The second-order valence-electron chi connectivity index (χ2n) is 5.49. The average Bonchev–Trinajstić information content (AvgIpc) is 2.90. The number of hydrogen-bond donors (Lipinski definition) is 0. The quantitative estimate of drug-likeness (QED) is 0.790. The Morgan fingerprint density at radius 3 is 2.14 bits per heavy atom. The molecule has 1 fully saturated rings. The van der Waals surface area contributed by atoms with E-state index in [9.17, 15) is 18.0 Å². The van der Waals surface area contributed by atoms with Gasteiger partial charge in [-0.05, 0) is 30.4 Å². The Hall–Kier alpha value is -1.40. The van der Waals surface area contributed by atoms with Gasteiger partial charge in [0.15, 0.2) is 0 Å². The number of imide groups is 1. The molecular weight excluding hydrogens is 326 g/mol. The van der Waals surface area contributed by atoms with Crippen molar-refractivity contribution in [3.8, 4) is 0 Å². The van der Waals surface area contributed by atoms with Crippen LogP contribution in [0.2, 0.25) is 0 Å². The predicted molar refractivity (Wildman–Crippen MR) is 84.5 cm³/mol. The summed E-state index contributed by atoms with van der Waals surface area (Å²) in [6, 6.07) is 4.70. The van der Waals surface area contributed by atoms with Crippen molar-refractivity contribution in [2.24, 2.45) is 0 Å². The summed E-state index contributed by atoms with van der Waals surface area (Å²) in [6.45, 7) is 2.47. The molecule has 1 aromatic rings. The molecule has 1 aliphatic carbocycles. The van der Waals surface area contributed by atoms with Gasteiger partial charge in [-0.2, -0.15) is 0 Å². The number of carbonyl (C=O) groups is 2. The van der Waals surface area contributed by atoms with Crippen LogP contribution in [0, 0.1) is 0 Å². The van der Waals surface area contributed by atoms with Gasteiger partial charge in [0.1, 0.15) is 4.90 Å². The zero-order valence-electron chi connectivity index (χ0n) is 12.5. The van der Waals surface area contributed by atoms with E-state index in [1.165, 1.54) is 19.9 Å². The highest BCUT2D eigenvalue weighted by Crippen LogP contribution is 2.42. The number of anilines is 1. The van der Waals surface area contributed by atoms with Crippen LogP contribution in [0.1, 0.15) is 51.0 Å². The fourth-order valence-electron chi connectivity index (χ4n) is 3.08. The molecule has 1 aliphatic rings. The van der Waals surface area contributed by atoms with Gasteiger partial charge in [0.25, 0.3) is 9.05 Å². The maximum Gasteiger partial charge on any atom is 0.263 e. The number of para-hydroxylation sites is 1. The van der Waals surface area contributed by atoms with Gasteiger partial charge in [0.05, 0.1) is 5.69 Å². The van der Waals surface area contributed by atoms with E-state index in [1.54, 1.807) is 12.1 Å². The highest BCUT2D eigenvalue weighted by molar-refractivity contribution is 8.13. The maximum atomic E-state index is 11.9. The lowest BCUT2D eigenvalue weighted by atomic mass is 9.95. The third-order valence-corrected chi connectivity index (χ3v) is 5.29. The van der Waals surface area contributed by atoms with Crippen molar-refractivity contribution in [3.63, 3.8) is 0 Å². The highest BCUT2D eigenvalue weighted by Gasteiger charge is 2.31. The average molecular weight is 344 g/mol. The van der Waals surface area contributed by atoms with Crippen LogP contribution in [0.3, 0.4) is 0 Å². The van der Waals surface area contributed by atoms with Crippen LogP contribution in [0.5, 0.6) is 0 Å². The normalized spacial score (nSPS) is 15.8. The second-order valence-corrected chi connectivity index (χ2v) is 8.02. The molecule has 0 aromatic heterocycles. The van der Waals surface area contributed by atoms with E-state index < -0.39 is 20.9 Å². The van der Waals surface area contributed by atoms with Crippen molar-refractivity contribution in [3.05, 3.63) is 23.8 Å². The van der Waals surface area contributed by atoms with Gasteiger partial charge in [-0.1, -0.05) is 25.0 Å². The lowest BCUT2D eigenvalue weighted by molar-refractivity contribution is -0.124. The molecule has 7 heteroatoms. The first-order chi connectivity index (χ1) is 10.2. The maximum absolute atomic E-state index is 11.9. The Morgan fingerprint density at radius 2 is 1.68 bits per heavy atom. The van der Waals surface area contributed by atoms with Gasteiger partial charge in [-0.25, -0.2) is 13.3 Å².